The van der Waals surface area contributed by atoms with Gasteiger partial charge in [0.25, 0.3) is 0 Å². The minimum absolute atomic E-state index is 0.315. The van der Waals surface area contributed by atoms with Crippen LogP contribution >= 0.6 is 0 Å². The zero-order valence-electron chi connectivity index (χ0n) is 12.1. The molecule has 102 valence electrons. The van der Waals surface area contributed by atoms with E-state index in [0.717, 1.165) is 19.4 Å². The maximum absolute atomic E-state index is 4.42. The molecule has 1 N–H and O–H groups in total. The summed E-state index contributed by atoms with van der Waals surface area (Å²) in [6.07, 6.45) is 4.00. The van der Waals surface area contributed by atoms with Crippen molar-refractivity contribution in [1.29, 1.82) is 0 Å². The predicted molar refractivity (Wildman–Crippen MR) is 79.2 cm³/mol. The summed E-state index contributed by atoms with van der Waals surface area (Å²) in [5.41, 5.74) is 4.02. The number of benzene rings is 1. The van der Waals surface area contributed by atoms with Gasteiger partial charge in [0.05, 0.1) is 11.7 Å². The summed E-state index contributed by atoms with van der Waals surface area (Å²) in [6, 6.07) is 11.0. The van der Waals surface area contributed by atoms with Crippen molar-refractivity contribution in [2.75, 3.05) is 7.05 Å². The summed E-state index contributed by atoms with van der Waals surface area (Å²) in [5.74, 6) is 0. The maximum atomic E-state index is 4.42. The largest absolute Gasteiger partial charge is 0.311 e. The Hall–Kier alpha value is -1.61. The van der Waals surface area contributed by atoms with Crippen LogP contribution in [0.15, 0.2) is 36.5 Å². The first kappa shape index (κ1) is 13.8. The number of hydrogen-bond acceptors (Lipinski definition) is 2. The molecule has 0 bridgehead atoms. The molecule has 0 amide bonds. The van der Waals surface area contributed by atoms with Gasteiger partial charge in [-0.3, -0.25) is 4.68 Å². The Bertz CT molecular complexity index is 516. The predicted octanol–water partition coefficient (Wildman–Crippen LogP) is 3.10. The standard InChI is InChI=1S/C16H23N3/c1-4-11-19-16(9-10-18-19)15(17-3)12-14-8-6-5-7-13(14)2/h5-10,15,17H,4,11-12H2,1-3H3. The molecular formula is C16H23N3. The van der Waals surface area contributed by atoms with E-state index in [9.17, 15) is 0 Å². The van der Waals surface area contributed by atoms with Gasteiger partial charge in [-0.1, -0.05) is 31.2 Å². The Morgan fingerprint density at radius 3 is 2.74 bits per heavy atom. The van der Waals surface area contributed by atoms with Gasteiger partial charge in [0.1, 0.15) is 0 Å². The van der Waals surface area contributed by atoms with Crippen molar-refractivity contribution in [3.63, 3.8) is 0 Å². The Balaban J connectivity index is 2.20. The average Bonchev–Trinajstić information content (AvgIpc) is 2.86. The molecule has 0 saturated heterocycles. The van der Waals surface area contributed by atoms with E-state index in [4.69, 9.17) is 0 Å². The second-order valence-corrected chi connectivity index (χ2v) is 4.95. The van der Waals surface area contributed by atoms with Crippen LogP contribution < -0.4 is 5.32 Å². The third-order valence-electron chi connectivity index (χ3n) is 3.58. The number of hydrogen-bond donors (Lipinski definition) is 1. The minimum atomic E-state index is 0.315. The molecule has 1 heterocycles. The molecule has 0 spiro atoms. The lowest BCUT2D eigenvalue weighted by Crippen LogP contribution is -2.23. The van der Waals surface area contributed by atoms with Crippen LogP contribution in [0.3, 0.4) is 0 Å². The molecule has 2 aromatic rings. The molecule has 1 atom stereocenters. The van der Waals surface area contributed by atoms with E-state index >= 15 is 0 Å². The Labute approximate surface area is 115 Å². The molecule has 0 fully saturated rings. The maximum Gasteiger partial charge on any atom is 0.0556 e. The average molecular weight is 257 g/mol. The number of nitrogens with one attached hydrogen (secondary N) is 1. The summed E-state index contributed by atoms with van der Waals surface area (Å²) in [6.45, 7) is 5.33. The first-order chi connectivity index (χ1) is 9.26. The van der Waals surface area contributed by atoms with Crippen molar-refractivity contribution in [3.8, 4) is 0 Å². The van der Waals surface area contributed by atoms with Crippen molar-refractivity contribution in [1.82, 2.24) is 15.1 Å². The number of nitrogens with zero attached hydrogens (tertiary/aromatic N) is 2. The second kappa shape index (κ2) is 6.53. The Morgan fingerprint density at radius 2 is 2.05 bits per heavy atom. The van der Waals surface area contributed by atoms with Crippen molar-refractivity contribution >= 4 is 0 Å². The van der Waals surface area contributed by atoms with Crippen LogP contribution in [0.2, 0.25) is 0 Å². The highest BCUT2D eigenvalue weighted by Gasteiger charge is 2.15. The molecule has 3 nitrogen and oxygen atoms in total. The molecule has 19 heavy (non-hydrogen) atoms. The van der Waals surface area contributed by atoms with Gasteiger partial charge in [0.2, 0.25) is 0 Å². The lowest BCUT2D eigenvalue weighted by atomic mass is 9.99. The lowest BCUT2D eigenvalue weighted by Gasteiger charge is -2.19. The molecule has 1 aromatic carbocycles. The smallest absolute Gasteiger partial charge is 0.0556 e. The van der Waals surface area contributed by atoms with Gasteiger partial charge in [-0.2, -0.15) is 5.10 Å². The molecule has 0 radical (unpaired) electrons. The van der Waals surface area contributed by atoms with Gasteiger partial charge < -0.3 is 5.32 Å². The van der Waals surface area contributed by atoms with E-state index in [1.165, 1.54) is 16.8 Å². The van der Waals surface area contributed by atoms with Crippen molar-refractivity contribution < 1.29 is 0 Å². The van der Waals surface area contributed by atoms with Crippen LogP contribution in [0.1, 0.15) is 36.2 Å². The molecule has 3 heteroatoms. The third kappa shape index (κ3) is 3.24. The summed E-state index contributed by atoms with van der Waals surface area (Å²) in [5, 5.41) is 7.83. The van der Waals surface area contributed by atoms with Crippen molar-refractivity contribution in [2.24, 2.45) is 0 Å². The first-order valence-electron chi connectivity index (χ1n) is 6.99. The van der Waals surface area contributed by atoms with Crippen LogP contribution in [0.5, 0.6) is 0 Å². The zero-order valence-corrected chi connectivity index (χ0v) is 12.1. The fraction of sp³-hybridized carbons (Fsp3) is 0.438. The van der Waals surface area contributed by atoms with Gasteiger partial charge in [0.15, 0.2) is 0 Å². The molecule has 0 saturated carbocycles. The van der Waals surface area contributed by atoms with E-state index in [-0.39, 0.29) is 0 Å². The van der Waals surface area contributed by atoms with Crippen LogP contribution in [-0.4, -0.2) is 16.8 Å². The summed E-state index contributed by atoms with van der Waals surface area (Å²) < 4.78 is 2.11. The third-order valence-corrected chi connectivity index (χ3v) is 3.58. The number of aromatic nitrogens is 2. The van der Waals surface area contributed by atoms with E-state index in [0.29, 0.717) is 6.04 Å². The van der Waals surface area contributed by atoms with Crippen molar-refractivity contribution in [2.45, 2.75) is 39.3 Å². The van der Waals surface area contributed by atoms with Gasteiger partial charge in [-0.25, -0.2) is 0 Å². The van der Waals surface area contributed by atoms with Crippen molar-refractivity contribution in [3.05, 3.63) is 53.3 Å². The lowest BCUT2D eigenvalue weighted by molar-refractivity contribution is 0.496. The summed E-state index contributed by atoms with van der Waals surface area (Å²) >= 11 is 0. The highest BCUT2D eigenvalue weighted by Crippen LogP contribution is 2.20. The highest BCUT2D eigenvalue weighted by molar-refractivity contribution is 5.27. The van der Waals surface area contributed by atoms with E-state index in [2.05, 4.69) is 59.3 Å². The zero-order chi connectivity index (χ0) is 13.7. The van der Waals surface area contributed by atoms with Crippen LogP contribution in [-0.2, 0) is 13.0 Å². The van der Waals surface area contributed by atoms with E-state index in [1.807, 2.05) is 13.2 Å². The van der Waals surface area contributed by atoms with Gasteiger partial charge in [-0.15, -0.1) is 0 Å². The molecule has 1 aromatic heterocycles. The topological polar surface area (TPSA) is 29.9 Å². The molecule has 1 unspecified atom stereocenters. The fourth-order valence-electron chi connectivity index (χ4n) is 2.45. The first-order valence-corrected chi connectivity index (χ1v) is 6.99. The van der Waals surface area contributed by atoms with E-state index in [1.54, 1.807) is 0 Å². The quantitative estimate of drug-likeness (QED) is 0.861. The molecule has 0 aliphatic rings. The Morgan fingerprint density at radius 1 is 1.26 bits per heavy atom. The van der Waals surface area contributed by atoms with Gasteiger partial charge in [0, 0.05) is 12.7 Å². The molecule has 0 aliphatic heterocycles. The Kier molecular flexibility index (Phi) is 4.74. The van der Waals surface area contributed by atoms with Gasteiger partial charge >= 0.3 is 0 Å². The molecule has 0 aliphatic carbocycles. The number of likely N-dealkylation sites (N-methyl/N-ethyl adjacent to an activating group) is 1. The second-order valence-electron chi connectivity index (χ2n) is 4.95. The minimum Gasteiger partial charge on any atom is -0.311 e. The van der Waals surface area contributed by atoms with Crippen LogP contribution in [0.4, 0.5) is 0 Å². The summed E-state index contributed by atoms with van der Waals surface area (Å²) in [4.78, 5) is 0. The SMILES string of the molecule is CCCn1nccc1C(Cc1ccccc1C)NC. The number of rotatable bonds is 6. The van der Waals surface area contributed by atoms with Crippen LogP contribution in [0, 0.1) is 6.92 Å². The van der Waals surface area contributed by atoms with Crippen LogP contribution in [0.25, 0.3) is 0 Å². The fourth-order valence-corrected chi connectivity index (χ4v) is 2.45. The summed E-state index contributed by atoms with van der Waals surface area (Å²) in [7, 11) is 2.02. The van der Waals surface area contributed by atoms with Gasteiger partial charge in [-0.05, 0) is 44.0 Å². The van der Waals surface area contributed by atoms with E-state index < -0.39 is 0 Å². The number of aryl methyl sites for hydroxylation is 2. The normalized spacial score (nSPS) is 12.6. The molecular weight excluding hydrogens is 234 g/mol. The molecule has 2 rings (SSSR count). The highest BCUT2D eigenvalue weighted by atomic mass is 15.3. The monoisotopic (exact) mass is 257 g/mol.